The molecule has 1 N–H and O–H groups in total. The smallest absolute Gasteiger partial charge is 0.407 e. The zero-order chi connectivity index (χ0) is 17.7. The van der Waals surface area contributed by atoms with Gasteiger partial charge in [-0.25, -0.2) is 4.79 Å². The molecular weight excluding hydrogens is 300 g/mol. The van der Waals surface area contributed by atoms with Crippen molar-refractivity contribution in [1.82, 2.24) is 10.2 Å². The normalized spacial score (nSPS) is 13.1. The molecule has 0 saturated heterocycles. The second kappa shape index (κ2) is 7.67. The van der Waals surface area contributed by atoms with Gasteiger partial charge in [0.2, 0.25) is 0 Å². The average Bonchev–Trinajstić information content (AvgIpc) is 2.51. The number of rotatable bonds is 5. The zero-order valence-corrected chi connectivity index (χ0v) is 15.3. The number of nitrogens with one attached hydrogen (secondary N) is 1. The number of carbonyl (C=O) groups is 1. The maximum absolute atomic E-state index is 11.8. The highest BCUT2D eigenvalue weighted by atomic mass is 16.6. The molecule has 0 saturated carbocycles. The first-order valence-electron chi connectivity index (χ1n) is 8.40. The van der Waals surface area contributed by atoms with E-state index in [1.807, 2.05) is 20.8 Å². The zero-order valence-electron chi connectivity index (χ0n) is 15.3. The summed E-state index contributed by atoms with van der Waals surface area (Å²) >= 11 is 0. The summed E-state index contributed by atoms with van der Waals surface area (Å²) in [5, 5.41) is 5.37. The molecule has 24 heavy (non-hydrogen) atoms. The number of alkyl carbamates (subject to hydrolysis) is 1. The molecule has 0 heterocycles. The molecule has 0 aliphatic carbocycles. The van der Waals surface area contributed by atoms with Crippen LogP contribution in [0.2, 0.25) is 0 Å². The van der Waals surface area contributed by atoms with Crippen LogP contribution in [0.4, 0.5) is 4.79 Å². The van der Waals surface area contributed by atoms with Crippen LogP contribution in [0.5, 0.6) is 0 Å². The van der Waals surface area contributed by atoms with E-state index in [2.05, 4.69) is 66.7 Å². The van der Waals surface area contributed by atoms with E-state index in [0.717, 1.165) is 6.54 Å². The van der Waals surface area contributed by atoms with Crippen molar-refractivity contribution in [1.29, 1.82) is 0 Å². The van der Waals surface area contributed by atoms with Crippen molar-refractivity contribution in [3.63, 3.8) is 0 Å². The van der Waals surface area contributed by atoms with Crippen LogP contribution in [0.1, 0.15) is 33.3 Å². The van der Waals surface area contributed by atoms with Gasteiger partial charge in [-0.3, -0.25) is 4.90 Å². The maximum atomic E-state index is 11.8. The summed E-state index contributed by atoms with van der Waals surface area (Å²) < 4.78 is 5.28. The van der Waals surface area contributed by atoms with Crippen LogP contribution in [0.3, 0.4) is 0 Å². The maximum Gasteiger partial charge on any atom is 0.407 e. The molecule has 1 unspecified atom stereocenters. The third-order valence-corrected chi connectivity index (χ3v) is 3.99. The third kappa shape index (κ3) is 5.24. The first kappa shape index (κ1) is 18.3. The summed E-state index contributed by atoms with van der Waals surface area (Å²) in [5.74, 6) is 0. The minimum atomic E-state index is -0.470. The fourth-order valence-electron chi connectivity index (χ4n) is 2.56. The molecule has 2 aromatic carbocycles. The van der Waals surface area contributed by atoms with Crippen LogP contribution < -0.4 is 5.32 Å². The fraction of sp³-hybridized carbons (Fsp3) is 0.450. The number of likely N-dealkylation sites (N-methyl/N-ethyl adjacent to an activating group) is 1. The Morgan fingerprint density at radius 2 is 1.83 bits per heavy atom. The van der Waals surface area contributed by atoms with Gasteiger partial charge in [0.05, 0.1) is 0 Å². The highest BCUT2D eigenvalue weighted by molar-refractivity contribution is 5.85. The standard InChI is InChI=1S/C20H28N2O2/c1-15(13-21-19(23)24-20(2,3)4)22(5)14-17-11-8-10-16-9-6-7-12-18(16)17/h6-12,15H,13-14H2,1-5H3,(H,21,23). The monoisotopic (exact) mass is 328 g/mol. The second-order valence-electron chi connectivity index (χ2n) is 7.29. The van der Waals surface area contributed by atoms with Crippen LogP contribution in [0.25, 0.3) is 10.8 Å². The SMILES string of the molecule is CC(CNC(=O)OC(C)(C)C)N(C)Cc1cccc2ccccc12. The molecule has 1 atom stereocenters. The fourth-order valence-corrected chi connectivity index (χ4v) is 2.56. The Bertz CT molecular complexity index is 686. The Balaban J connectivity index is 1.94. The lowest BCUT2D eigenvalue weighted by atomic mass is 10.0. The van der Waals surface area contributed by atoms with E-state index in [1.54, 1.807) is 0 Å². The third-order valence-electron chi connectivity index (χ3n) is 3.99. The van der Waals surface area contributed by atoms with Crippen molar-refractivity contribution in [2.45, 2.75) is 45.9 Å². The predicted octanol–water partition coefficient (Wildman–Crippen LogP) is 4.18. The van der Waals surface area contributed by atoms with Gasteiger partial charge in [-0.15, -0.1) is 0 Å². The number of ether oxygens (including phenoxy) is 1. The number of hydrogen-bond acceptors (Lipinski definition) is 3. The molecule has 0 spiro atoms. The van der Waals surface area contributed by atoms with Crippen LogP contribution in [-0.4, -0.2) is 36.2 Å². The van der Waals surface area contributed by atoms with Crippen molar-refractivity contribution >= 4 is 16.9 Å². The van der Waals surface area contributed by atoms with Gasteiger partial charge in [0.25, 0.3) is 0 Å². The van der Waals surface area contributed by atoms with Crippen molar-refractivity contribution in [3.8, 4) is 0 Å². The summed E-state index contributed by atoms with van der Waals surface area (Å²) in [5.41, 5.74) is 0.821. The molecule has 4 heteroatoms. The molecule has 4 nitrogen and oxygen atoms in total. The molecule has 2 aromatic rings. The average molecular weight is 328 g/mol. The summed E-state index contributed by atoms with van der Waals surface area (Å²) in [6.45, 7) is 9.07. The molecule has 0 aliphatic heterocycles. The summed E-state index contributed by atoms with van der Waals surface area (Å²) in [7, 11) is 2.07. The lowest BCUT2D eigenvalue weighted by Gasteiger charge is -2.26. The van der Waals surface area contributed by atoms with Gasteiger partial charge >= 0.3 is 6.09 Å². The Morgan fingerprint density at radius 3 is 2.54 bits per heavy atom. The summed E-state index contributed by atoms with van der Waals surface area (Å²) in [4.78, 5) is 14.0. The largest absolute Gasteiger partial charge is 0.444 e. The van der Waals surface area contributed by atoms with Crippen molar-refractivity contribution in [2.24, 2.45) is 0 Å². The Kier molecular flexibility index (Phi) is 5.84. The van der Waals surface area contributed by atoms with Crippen molar-refractivity contribution in [2.75, 3.05) is 13.6 Å². The van der Waals surface area contributed by atoms with Crippen LogP contribution >= 0.6 is 0 Å². The molecule has 130 valence electrons. The van der Waals surface area contributed by atoms with Gasteiger partial charge < -0.3 is 10.1 Å². The van der Waals surface area contributed by atoms with Gasteiger partial charge in [0, 0.05) is 19.1 Å². The molecule has 0 aromatic heterocycles. The first-order chi connectivity index (χ1) is 11.3. The van der Waals surface area contributed by atoms with Crippen LogP contribution in [0, 0.1) is 0 Å². The highest BCUT2D eigenvalue weighted by Crippen LogP contribution is 2.20. The number of amides is 1. The van der Waals surface area contributed by atoms with E-state index in [-0.39, 0.29) is 12.1 Å². The van der Waals surface area contributed by atoms with Gasteiger partial charge in [-0.05, 0) is 51.1 Å². The van der Waals surface area contributed by atoms with E-state index in [9.17, 15) is 4.79 Å². The number of hydrogen-bond donors (Lipinski definition) is 1. The Morgan fingerprint density at radius 1 is 1.17 bits per heavy atom. The van der Waals surface area contributed by atoms with Gasteiger partial charge in [0.15, 0.2) is 0 Å². The molecular formula is C20H28N2O2. The lowest BCUT2D eigenvalue weighted by Crippen LogP contribution is -2.41. The minimum absolute atomic E-state index is 0.205. The number of fused-ring (bicyclic) bond motifs is 1. The topological polar surface area (TPSA) is 41.6 Å². The van der Waals surface area contributed by atoms with E-state index in [0.29, 0.717) is 6.54 Å². The first-order valence-corrected chi connectivity index (χ1v) is 8.40. The van der Waals surface area contributed by atoms with E-state index in [1.165, 1.54) is 16.3 Å². The highest BCUT2D eigenvalue weighted by Gasteiger charge is 2.17. The second-order valence-corrected chi connectivity index (χ2v) is 7.29. The molecule has 0 bridgehead atoms. The lowest BCUT2D eigenvalue weighted by molar-refractivity contribution is 0.0512. The van der Waals surface area contributed by atoms with Crippen LogP contribution in [0.15, 0.2) is 42.5 Å². The van der Waals surface area contributed by atoms with E-state index < -0.39 is 5.60 Å². The molecule has 0 fully saturated rings. The van der Waals surface area contributed by atoms with Gasteiger partial charge in [-0.2, -0.15) is 0 Å². The van der Waals surface area contributed by atoms with Crippen molar-refractivity contribution < 1.29 is 9.53 Å². The Hall–Kier alpha value is -2.07. The van der Waals surface area contributed by atoms with E-state index >= 15 is 0 Å². The minimum Gasteiger partial charge on any atom is -0.444 e. The number of nitrogens with zero attached hydrogens (tertiary/aromatic N) is 1. The van der Waals surface area contributed by atoms with Gasteiger partial charge in [0.1, 0.15) is 5.60 Å². The molecule has 0 radical (unpaired) electrons. The Labute approximate surface area is 144 Å². The molecule has 2 rings (SSSR count). The van der Waals surface area contributed by atoms with E-state index in [4.69, 9.17) is 4.74 Å². The molecule has 1 amide bonds. The van der Waals surface area contributed by atoms with Crippen molar-refractivity contribution in [3.05, 3.63) is 48.0 Å². The van der Waals surface area contributed by atoms with Crippen LogP contribution in [-0.2, 0) is 11.3 Å². The summed E-state index contributed by atoms with van der Waals surface area (Å²) in [6, 6.07) is 15.0. The molecule has 0 aliphatic rings. The van der Waals surface area contributed by atoms with Gasteiger partial charge in [-0.1, -0.05) is 42.5 Å². The predicted molar refractivity (Wildman–Crippen MR) is 99.1 cm³/mol. The number of benzene rings is 2. The quantitative estimate of drug-likeness (QED) is 0.895. The summed E-state index contributed by atoms with van der Waals surface area (Å²) in [6.07, 6.45) is -0.368. The number of carbonyl (C=O) groups excluding carboxylic acids is 1.